The van der Waals surface area contributed by atoms with E-state index in [9.17, 15) is 4.79 Å². The molecule has 2 heteroatoms. The lowest BCUT2D eigenvalue weighted by Crippen LogP contribution is -2.10. The quantitative estimate of drug-likeness (QED) is 0.670. The highest BCUT2D eigenvalue weighted by Gasteiger charge is 2.09. The Morgan fingerprint density at radius 2 is 2.15 bits per heavy atom. The van der Waals surface area contributed by atoms with Gasteiger partial charge in [-0.15, -0.1) is 0 Å². The van der Waals surface area contributed by atoms with Gasteiger partial charge >= 0.3 is 0 Å². The molecule has 0 saturated heterocycles. The van der Waals surface area contributed by atoms with Gasteiger partial charge in [0.05, 0.1) is 0 Å². The van der Waals surface area contributed by atoms with Gasteiger partial charge in [0.25, 0.3) is 0 Å². The highest BCUT2D eigenvalue weighted by atomic mass is 16.5. The Kier molecular flexibility index (Phi) is 4.76. The second kappa shape index (κ2) is 5.92. The van der Waals surface area contributed by atoms with Gasteiger partial charge in [-0.2, -0.15) is 0 Å². The zero-order chi connectivity index (χ0) is 9.52. The second-order valence-corrected chi connectivity index (χ2v) is 3.54. The van der Waals surface area contributed by atoms with Gasteiger partial charge in [-0.1, -0.05) is 18.9 Å². The van der Waals surface area contributed by atoms with Crippen LogP contribution < -0.4 is 0 Å². The largest absolute Gasteiger partial charge is 0.377 e. The topological polar surface area (TPSA) is 26.3 Å². The summed E-state index contributed by atoms with van der Waals surface area (Å²) in [7, 11) is 1.57. The first-order valence-corrected chi connectivity index (χ1v) is 5.06. The summed E-state index contributed by atoms with van der Waals surface area (Å²) < 4.78 is 4.84. The van der Waals surface area contributed by atoms with E-state index in [2.05, 4.69) is 6.08 Å². The molecule has 2 nitrogen and oxygen atoms in total. The summed E-state index contributed by atoms with van der Waals surface area (Å²) >= 11 is 0. The summed E-state index contributed by atoms with van der Waals surface area (Å²) in [5.74, 6) is 0.171. The molecule has 0 aromatic rings. The molecule has 0 heterocycles. The normalized spacial score (nSPS) is 18.7. The van der Waals surface area contributed by atoms with Crippen LogP contribution in [0.15, 0.2) is 11.6 Å². The number of allylic oxidation sites excluding steroid dienone is 1. The number of hydrogen-bond donors (Lipinski definition) is 0. The molecule has 0 amide bonds. The van der Waals surface area contributed by atoms with Gasteiger partial charge in [-0.25, -0.2) is 0 Å². The third kappa shape index (κ3) is 3.73. The molecule has 0 aromatic heterocycles. The van der Waals surface area contributed by atoms with Crippen LogP contribution in [-0.2, 0) is 9.53 Å². The monoisotopic (exact) mass is 182 g/mol. The summed E-state index contributed by atoms with van der Waals surface area (Å²) in [5.41, 5.74) is 0.988. The first-order chi connectivity index (χ1) is 6.34. The van der Waals surface area contributed by atoms with Crippen molar-refractivity contribution >= 4 is 5.78 Å². The highest BCUT2D eigenvalue weighted by Crippen LogP contribution is 2.17. The van der Waals surface area contributed by atoms with Gasteiger partial charge < -0.3 is 4.74 Å². The Hall–Kier alpha value is -0.630. The van der Waals surface area contributed by atoms with E-state index in [0.29, 0.717) is 0 Å². The molecule has 0 N–H and O–H groups in total. The molecule has 1 aliphatic carbocycles. The number of hydrogen-bond acceptors (Lipinski definition) is 2. The second-order valence-electron chi connectivity index (χ2n) is 3.54. The molecular weight excluding hydrogens is 164 g/mol. The molecule has 0 radical (unpaired) electrons. The molecule has 1 aliphatic rings. The summed E-state index contributed by atoms with van der Waals surface area (Å²) in [4.78, 5) is 11.5. The van der Waals surface area contributed by atoms with Crippen molar-refractivity contribution in [3.8, 4) is 0 Å². The summed E-state index contributed by atoms with van der Waals surface area (Å²) in [5, 5.41) is 0. The molecule has 0 aliphatic heterocycles. The van der Waals surface area contributed by atoms with Crippen LogP contribution >= 0.6 is 0 Å². The van der Waals surface area contributed by atoms with Crippen molar-refractivity contribution in [2.75, 3.05) is 13.7 Å². The maximum Gasteiger partial charge on any atom is 0.184 e. The zero-order valence-electron chi connectivity index (χ0n) is 8.34. The number of carbonyl (C=O) groups excluding carboxylic acids is 1. The molecule has 0 saturated carbocycles. The number of ketones is 1. The van der Waals surface area contributed by atoms with E-state index < -0.39 is 0 Å². The standard InChI is InChI=1S/C11H18O2/c1-13-9-11(12)10-7-5-3-2-4-6-8-10/h7H,2-6,8-9H2,1H3. The molecule has 0 aromatic carbocycles. The molecular formula is C11H18O2. The summed E-state index contributed by atoms with van der Waals surface area (Å²) in [6, 6.07) is 0. The smallest absolute Gasteiger partial charge is 0.184 e. The fourth-order valence-electron chi connectivity index (χ4n) is 1.67. The highest BCUT2D eigenvalue weighted by molar-refractivity contribution is 5.96. The van der Waals surface area contributed by atoms with Crippen molar-refractivity contribution in [3.63, 3.8) is 0 Å². The van der Waals surface area contributed by atoms with E-state index in [1.807, 2.05) is 0 Å². The van der Waals surface area contributed by atoms with Crippen molar-refractivity contribution in [1.82, 2.24) is 0 Å². The Bertz CT molecular complexity index is 194. The van der Waals surface area contributed by atoms with Crippen LogP contribution in [-0.4, -0.2) is 19.5 Å². The molecule has 1 rings (SSSR count). The first-order valence-electron chi connectivity index (χ1n) is 5.06. The minimum Gasteiger partial charge on any atom is -0.377 e. The van der Waals surface area contributed by atoms with Gasteiger partial charge in [-0.3, -0.25) is 4.79 Å². The van der Waals surface area contributed by atoms with Crippen LogP contribution in [0.1, 0.15) is 38.5 Å². The molecule has 0 fully saturated rings. The van der Waals surface area contributed by atoms with Crippen molar-refractivity contribution in [2.45, 2.75) is 38.5 Å². The fourth-order valence-corrected chi connectivity index (χ4v) is 1.67. The molecule has 13 heavy (non-hydrogen) atoms. The molecule has 0 spiro atoms. The van der Waals surface area contributed by atoms with E-state index in [1.165, 1.54) is 19.3 Å². The number of methoxy groups -OCH3 is 1. The average Bonchev–Trinajstić information content (AvgIpc) is 2.03. The maximum absolute atomic E-state index is 11.5. The number of Topliss-reactive ketones (excluding diaryl/α,β-unsaturated/α-hetero) is 1. The van der Waals surface area contributed by atoms with E-state index in [4.69, 9.17) is 4.74 Å². The SMILES string of the molecule is COCC(=O)C1=CCCCCCC1. The Labute approximate surface area is 80.0 Å². The number of rotatable bonds is 3. The Morgan fingerprint density at radius 3 is 2.92 bits per heavy atom. The van der Waals surface area contributed by atoms with E-state index in [1.54, 1.807) is 7.11 Å². The Morgan fingerprint density at radius 1 is 1.38 bits per heavy atom. The van der Waals surface area contributed by atoms with E-state index >= 15 is 0 Å². The lowest BCUT2D eigenvalue weighted by molar-refractivity contribution is -0.119. The molecule has 0 bridgehead atoms. The third-order valence-electron chi connectivity index (χ3n) is 2.42. The lowest BCUT2D eigenvalue weighted by atomic mass is 9.97. The van der Waals surface area contributed by atoms with E-state index in [-0.39, 0.29) is 12.4 Å². The van der Waals surface area contributed by atoms with Crippen LogP contribution in [0.5, 0.6) is 0 Å². The number of carbonyl (C=O) groups is 1. The predicted molar refractivity (Wildman–Crippen MR) is 52.7 cm³/mol. The van der Waals surface area contributed by atoms with Gasteiger partial charge in [0.15, 0.2) is 5.78 Å². The third-order valence-corrected chi connectivity index (χ3v) is 2.42. The Balaban J connectivity index is 2.48. The van der Waals surface area contributed by atoms with E-state index in [0.717, 1.165) is 24.8 Å². The van der Waals surface area contributed by atoms with Crippen molar-refractivity contribution in [2.24, 2.45) is 0 Å². The van der Waals surface area contributed by atoms with Crippen LogP contribution in [0.25, 0.3) is 0 Å². The van der Waals surface area contributed by atoms with Crippen molar-refractivity contribution < 1.29 is 9.53 Å². The maximum atomic E-state index is 11.5. The summed E-state index contributed by atoms with van der Waals surface area (Å²) in [6.45, 7) is 0.242. The summed E-state index contributed by atoms with van der Waals surface area (Å²) in [6.07, 6.45) is 9.05. The average molecular weight is 182 g/mol. The van der Waals surface area contributed by atoms with Crippen molar-refractivity contribution in [3.05, 3.63) is 11.6 Å². The zero-order valence-corrected chi connectivity index (χ0v) is 8.34. The van der Waals surface area contributed by atoms with Gasteiger partial charge in [-0.05, 0) is 31.3 Å². The van der Waals surface area contributed by atoms with Crippen molar-refractivity contribution in [1.29, 1.82) is 0 Å². The lowest BCUT2D eigenvalue weighted by Gasteiger charge is -2.09. The van der Waals surface area contributed by atoms with Crippen LogP contribution in [0, 0.1) is 0 Å². The molecule has 74 valence electrons. The van der Waals surface area contributed by atoms with Crippen LogP contribution in [0.2, 0.25) is 0 Å². The first kappa shape index (κ1) is 10.5. The van der Waals surface area contributed by atoms with Crippen LogP contribution in [0.4, 0.5) is 0 Å². The predicted octanol–water partition coefficient (Wildman–Crippen LogP) is 2.48. The minimum absolute atomic E-state index is 0.171. The van der Waals surface area contributed by atoms with Gasteiger partial charge in [0.1, 0.15) is 6.61 Å². The molecule has 0 unspecified atom stereocenters. The molecule has 0 atom stereocenters. The van der Waals surface area contributed by atoms with Gasteiger partial charge in [0.2, 0.25) is 0 Å². The van der Waals surface area contributed by atoms with Crippen LogP contribution in [0.3, 0.4) is 0 Å². The number of ether oxygens (including phenoxy) is 1. The van der Waals surface area contributed by atoms with Gasteiger partial charge in [0, 0.05) is 7.11 Å². The fraction of sp³-hybridized carbons (Fsp3) is 0.727. The minimum atomic E-state index is 0.171.